The minimum atomic E-state index is -0.398. The first-order chi connectivity index (χ1) is 4.20. The molecule has 0 amide bonds. The normalized spacial score (nSPS) is 13.8. The second-order valence-electron chi connectivity index (χ2n) is 2.25. The Kier molecular flexibility index (Phi) is 4.26. The molecule has 0 unspecified atom stereocenters. The highest BCUT2D eigenvalue weighted by Crippen LogP contribution is 1.80. The molecule has 0 spiro atoms. The highest BCUT2D eigenvalue weighted by molar-refractivity contribution is 5.57. The van der Waals surface area contributed by atoms with Gasteiger partial charge in [-0.05, 0) is 0 Å². The number of aliphatic hydroxyl groups is 1. The molecular weight excluding hydrogens is 118 g/mol. The van der Waals surface area contributed by atoms with E-state index >= 15 is 0 Å². The van der Waals surface area contributed by atoms with Crippen molar-refractivity contribution in [3.63, 3.8) is 0 Å². The van der Waals surface area contributed by atoms with Gasteiger partial charge < -0.3 is 15.2 Å². The Morgan fingerprint density at radius 1 is 1.67 bits per heavy atom. The van der Waals surface area contributed by atoms with Crippen LogP contribution in [0.1, 0.15) is 13.8 Å². The van der Waals surface area contributed by atoms with E-state index in [1.165, 1.54) is 0 Å². The number of carbonyl (C=O) groups excluding carboxylic acids is 1. The molecule has 0 heterocycles. The highest BCUT2D eigenvalue weighted by atomic mass is 16.3. The van der Waals surface area contributed by atoms with Crippen molar-refractivity contribution in [3.8, 4) is 0 Å². The summed E-state index contributed by atoms with van der Waals surface area (Å²) >= 11 is 0. The molecule has 0 saturated carbocycles. The Morgan fingerprint density at radius 3 is 2.33 bits per heavy atom. The number of carbonyl (C=O) groups is 1. The predicted molar refractivity (Wildman–Crippen MR) is 35.2 cm³/mol. The first-order valence-electron chi connectivity index (χ1n) is 3.03. The van der Waals surface area contributed by atoms with Crippen molar-refractivity contribution in [3.05, 3.63) is 0 Å². The number of hydrogen-bond donors (Lipinski definition) is 2. The minimum absolute atomic E-state index is 0.123. The van der Waals surface area contributed by atoms with Crippen LogP contribution >= 0.6 is 0 Å². The first kappa shape index (κ1) is 8.59. The van der Waals surface area contributed by atoms with Crippen LogP contribution in [0, 0.1) is 0 Å². The van der Waals surface area contributed by atoms with Crippen LogP contribution in [0.3, 0.4) is 0 Å². The standard InChI is InChI=1S/C6H13NO2/c1-5(2)7-6(3-8)4-9/h3,5-7,9H,4H2,1-2H3/t6-/m1/s1. The molecule has 0 aliphatic rings. The van der Waals surface area contributed by atoms with Crippen LogP contribution in [-0.2, 0) is 4.79 Å². The summed E-state index contributed by atoms with van der Waals surface area (Å²) in [6, 6.07) is -0.155. The van der Waals surface area contributed by atoms with Gasteiger partial charge in [0.1, 0.15) is 6.29 Å². The maximum Gasteiger partial charge on any atom is 0.139 e. The van der Waals surface area contributed by atoms with Gasteiger partial charge in [0.05, 0.1) is 12.6 Å². The SMILES string of the molecule is CC(C)N[C@H](C=O)CO. The lowest BCUT2D eigenvalue weighted by Crippen LogP contribution is -2.38. The molecule has 0 bridgehead atoms. The topological polar surface area (TPSA) is 49.3 Å². The van der Waals surface area contributed by atoms with Crippen molar-refractivity contribution >= 4 is 6.29 Å². The van der Waals surface area contributed by atoms with E-state index in [4.69, 9.17) is 5.11 Å². The highest BCUT2D eigenvalue weighted by Gasteiger charge is 2.04. The summed E-state index contributed by atoms with van der Waals surface area (Å²) in [7, 11) is 0. The van der Waals surface area contributed by atoms with E-state index in [2.05, 4.69) is 5.32 Å². The van der Waals surface area contributed by atoms with Crippen LogP contribution in [0.4, 0.5) is 0 Å². The van der Waals surface area contributed by atoms with Crippen LogP contribution < -0.4 is 5.32 Å². The summed E-state index contributed by atoms with van der Waals surface area (Å²) in [5, 5.41) is 11.3. The Balaban J connectivity index is 3.42. The van der Waals surface area contributed by atoms with Crippen molar-refractivity contribution in [2.75, 3.05) is 6.61 Å². The lowest BCUT2D eigenvalue weighted by molar-refractivity contribution is -0.110. The van der Waals surface area contributed by atoms with Gasteiger partial charge in [0, 0.05) is 6.04 Å². The zero-order valence-electron chi connectivity index (χ0n) is 5.79. The van der Waals surface area contributed by atoms with E-state index in [0.29, 0.717) is 6.29 Å². The van der Waals surface area contributed by atoms with Gasteiger partial charge >= 0.3 is 0 Å². The van der Waals surface area contributed by atoms with Gasteiger partial charge in [0.25, 0.3) is 0 Å². The summed E-state index contributed by atoms with van der Waals surface area (Å²) in [5.41, 5.74) is 0. The number of aldehydes is 1. The van der Waals surface area contributed by atoms with Crippen molar-refractivity contribution in [2.24, 2.45) is 0 Å². The Hall–Kier alpha value is -0.410. The molecule has 3 heteroatoms. The van der Waals surface area contributed by atoms with Crippen molar-refractivity contribution in [1.29, 1.82) is 0 Å². The van der Waals surface area contributed by atoms with Gasteiger partial charge in [-0.1, -0.05) is 13.8 Å². The predicted octanol–water partition coefficient (Wildman–Crippen LogP) is -0.456. The number of hydrogen-bond acceptors (Lipinski definition) is 3. The van der Waals surface area contributed by atoms with Gasteiger partial charge in [0.2, 0.25) is 0 Å². The summed E-state index contributed by atoms with van der Waals surface area (Å²) in [5.74, 6) is 0. The van der Waals surface area contributed by atoms with Crippen LogP contribution in [0.25, 0.3) is 0 Å². The molecule has 1 atom stereocenters. The van der Waals surface area contributed by atoms with Gasteiger partial charge in [-0.2, -0.15) is 0 Å². The second-order valence-corrected chi connectivity index (χ2v) is 2.25. The van der Waals surface area contributed by atoms with E-state index in [1.807, 2.05) is 13.8 Å². The number of nitrogens with one attached hydrogen (secondary N) is 1. The summed E-state index contributed by atoms with van der Waals surface area (Å²) in [6.45, 7) is 3.72. The maximum atomic E-state index is 10.0. The van der Waals surface area contributed by atoms with Gasteiger partial charge in [0.15, 0.2) is 0 Å². The Morgan fingerprint density at radius 2 is 2.22 bits per heavy atom. The fourth-order valence-electron chi connectivity index (χ4n) is 0.563. The lowest BCUT2D eigenvalue weighted by atomic mass is 10.3. The fourth-order valence-corrected chi connectivity index (χ4v) is 0.563. The largest absolute Gasteiger partial charge is 0.394 e. The second kappa shape index (κ2) is 4.47. The number of aliphatic hydroxyl groups excluding tert-OH is 1. The molecule has 0 aromatic rings. The van der Waals surface area contributed by atoms with Crippen molar-refractivity contribution < 1.29 is 9.90 Å². The van der Waals surface area contributed by atoms with E-state index in [-0.39, 0.29) is 12.6 Å². The average Bonchev–Trinajstić information content (AvgIpc) is 1.82. The van der Waals surface area contributed by atoms with E-state index < -0.39 is 6.04 Å². The van der Waals surface area contributed by atoms with Crippen LogP contribution in [-0.4, -0.2) is 30.1 Å². The molecular formula is C6H13NO2. The van der Waals surface area contributed by atoms with Crippen molar-refractivity contribution in [2.45, 2.75) is 25.9 Å². The fraction of sp³-hybridized carbons (Fsp3) is 0.833. The molecule has 0 aromatic carbocycles. The molecule has 0 saturated heterocycles. The number of rotatable bonds is 4. The summed E-state index contributed by atoms with van der Waals surface area (Å²) < 4.78 is 0. The third kappa shape index (κ3) is 4.12. The zero-order valence-corrected chi connectivity index (χ0v) is 5.79. The third-order valence-electron chi connectivity index (χ3n) is 0.908. The third-order valence-corrected chi connectivity index (χ3v) is 0.908. The van der Waals surface area contributed by atoms with E-state index in [1.54, 1.807) is 0 Å². The summed E-state index contributed by atoms with van der Waals surface area (Å²) in [6.07, 6.45) is 0.708. The molecule has 0 fully saturated rings. The smallest absolute Gasteiger partial charge is 0.139 e. The van der Waals surface area contributed by atoms with E-state index in [0.717, 1.165) is 0 Å². The molecule has 9 heavy (non-hydrogen) atoms. The molecule has 2 N–H and O–H groups in total. The quantitative estimate of drug-likeness (QED) is 0.508. The van der Waals surface area contributed by atoms with Gasteiger partial charge in [-0.3, -0.25) is 0 Å². The molecule has 0 radical (unpaired) electrons. The summed E-state index contributed by atoms with van der Waals surface area (Å²) in [4.78, 5) is 10.0. The molecule has 3 nitrogen and oxygen atoms in total. The van der Waals surface area contributed by atoms with Crippen LogP contribution in [0.15, 0.2) is 0 Å². The minimum Gasteiger partial charge on any atom is -0.394 e. The van der Waals surface area contributed by atoms with Gasteiger partial charge in [-0.25, -0.2) is 0 Å². The van der Waals surface area contributed by atoms with Crippen LogP contribution in [0.2, 0.25) is 0 Å². The average molecular weight is 131 g/mol. The monoisotopic (exact) mass is 131 g/mol. The maximum absolute atomic E-state index is 10.0. The molecule has 0 aromatic heterocycles. The van der Waals surface area contributed by atoms with E-state index in [9.17, 15) is 4.79 Å². The first-order valence-corrected chi connectivity index (χ1v) is 3.03. The van der Waals surface area contributed by atoms with Crippen molar-refractivity contribution in [1.82, 2.24) is 5.32 Å². The Labute approximate surface area is 55.1 Å². The van der Waals surface area contributed by atoms with Gasteiger partial charge in [-0.15, -0.1) is 0 Å². The molecule has 0 aliphatic carbocycles. The molecule has 0 aliphatic heterocycles. The van der Waals surface area contributed by atoms with Crippen LogP contribution in [0.5, 0.6) is 0 Å². The Bertz CT molecular complexity index is 83.1. The molecule has 0 rings (SSSR count). The zero-order chi connectivity index (χ0) is 7.28. The lowest BCUT2D eigenvalue weighted by Gasteiger charge is -2.11. The molecule has 54 valence electrons.